The van der Waals surface area contributed by atoms with Crippen molar-refractivity contribution in [2.75, 3.05) is 11.6 Å². The number of carbonyl (C=O) groups is 1. The van der Waals surface area contributed by atoms with Crippen LogP contribution in [0.3, 0.4) is 0 Å². The Hall–Kier alpha value is -3.00. The second kappa shape index (κ2) is 6.48. The largest absolute Gasteiger partial charge is 0.312 e. The van der Waals surface area contributed by atoms with Crippen LogP contribution < -0.4 is 5.32 Å². The zero-order valence-corrected chi connectivity index (χ0v) is 14.0. The normalized spacial score (nSPS) is 11.3. The number of sulfone groups is 1. The smallest absolute Gasteiger partial charge is 0.212 e. The van der Waals surface area contributed by atoms with Crippen molar-refractivity contribution in [2.24, 2.45) is 0 Å². The third kappa shape index (κ3) is 3.58. The van der Waals surface area contributed by atoms with Crippen LogP contribution in [0.1, 0.15) is 0 Å². The highest BCUT2D eigenvalue weighted by Crippen LogP contribution is 2.27. The molecule has 2 aromatic carbocycles. The molecular formula is C17H14FN3O3S. The molecule has 0 saturated heterocycles. The highest BCUT2D eigenvalue weighted by atomic mass is 32.2. The molecule has 25 heavy (non-hydrogen) atoms. The number of aromatic nitrogens is 2. The number of rotatable bonds is 5. The van der Waals surface area contributed by atoms with Gasteiger partial charge in [-0.25, -0.2) is 17.5 Å². The molecule has 1 N–H and O–H groups in total. The van der Waals surface area contributed by atoms with Crippen LogP contribution in [-0.2, 0) is 14.6 Å². The second-order valence-electron chi connectivity index (χ2n) is 5.37. The minimum Gasteiger partial charge on any atom is -0.312 e. The molecule has 0 radical (unpaired) electrons. The molecule has 0 aliphatic rings. The first kappa shape index (κ1) is 16.8. The summed E-state index contributed by atoms with van der Waals surface area (Å²) in [5, 5.41) is 6.70. The number of amides is 1. The molecule has 128 valence electrons. The Morgan fingerprint density at radius 2 is 1.84 bits per heavy atom. The first-order valence-corrected chi connectivity index (χ1v) is 9.14. The van der Waals surface area contributed by atoms with Crippen LogP contribution in [0.15, 0.2) is 59.5 Å². The molecule has 0 saturated carbocycles. The number of carbonyl (C=O) groups excluding carboxylic acids is 1. The maximum Gasteiger partial charge on any atom is 0.212 e. The average molecular weight is 359 g/mol. The van der Waals surface area contributed by atoms with E-state index in [9.17, 15) is 17.6 Å². The lowest BCUT2D eigenvalue weighted by Crippen LogP contribution is -2.01. The van der Waals surface area contributed by atoms with Crippen molar-refractivity contribution in [3.05, 3.63) is 60.4 Å². The monoisotopic (exact) mass is 359 g/mol. The third-order valence-corrected chi connectivity index (χ3v) is 4.68. The number of anilines is 1. The van der Waals surface area contributed by atoms with Crippen molar-refractivity contribution in [1.82, 2.24) is 9.78 Å². The van der Waals surface area contributed by atoms with Crippen molar-refractivity contribution in [2.45, 2.75) is 4.90 Å². The lowest BCUT2D eigenvalue weighted by molar-refractivity contribution is -0.105. The topological polar surface area (TPSA) is 81.1 Å². The van der Waals surface area contributed by atoms with Crippen LogP contribution in [-0.4, -0.2) is 30.9 Å². The quantitative estimate of drug-likeness (QED) is 0.710. The zero-order valence-electron chi connectivity index (χ0n) is 13.2. The van der Waals surface area contributed by atoms with Crippen LogP contribution in [0.25, 0.3) is 16.9 Å². The highest BCUT2D eigenvalue weighted by molar-refractivity contribution is 7.90. The Kier molecular flexibility index (Phi) is 4.37. The van der Waals surface area contributed by atoms with E-state index in [1.165, 1.54) is 28.9 Å². The Labute approximate surface area is 143 Å². The van der Waals surface area contributed by atoms with E-state index in [1.807, 2.05) is 0 Å². The van der Waals surface area contributed by atoms with E-state index in [0.29, 0.717) is 29.2 Å². The van der Waals surface area contributed by atoms with Gasteiger partial charge in [-0.1, -0.05) is 18.2 Å². The fourth-order valence-corrected chi connectivity index (χ4v) is 3.03. The van der Waals surface area contributed by atoms with E-state index in [-0.39, 0.29) is 4.90 Å². The first-order chi connectivity index (χ1) is 11.9. The number of nitrogens with one attached hydrogen (secondary N) is 1. The standard InChI is InChI=1S/C17H14FN3O3S/c1-25(23,24)15-7-5-12(6-8-15)16-10-17(19-11-22)20-21(16)14-4-2-3-13(18)9-14/h2-11H,1H3,(H,19,20,22). The minimum absolute atomic E-state index is 0.194. The van der Waals surface area contributed by atoms with E-state index < -0.39 is 15.7 Å². The van der Waals surface area contributed by atoms with Gasteiger partial charge in [0.2, 0.25) is 6.41 Å². The Morgan fingerprint density at radius 1 is 1.12 bits per heavy atom. The summed E-state index contributed by atoms with van der Waals surface area (Å²) in [7, 11) is -3.30. The maximum atomic E-state index is 13.5. The van der Waals surface area contributed by atoms with E-state index >= 15 is 0 Å². The molecule has 3 aromatic rings. The van der Waals surface area contributed by atoms with Crippen molar-refractivity contribution in [3.8, 4) is 16.9 Å². The Bertz CT molecular complexity index is 1030. The number of hydrogen-bond acceptors (Lipinski definition) is 4. The molecule has 3 rings (SSSR count). The van der Waals surface area contributed by atoms with Gasteiger partial charge in [0.25, 0.3) is 0 Å². The van der Waals surface area contributed by atoms with Gasteiger partial charge >= 0.3 is 0 Å². The molecule has 0 aliphatic heterocycles. The number of nitrogens with zero attached hydrogens (tertiary/aromatic N) is 2. The van der Waals surface area contributed by atoms with Gasteiger partial charge in [0.15, 0.2) is 15.7 Å². The first-order valence-electron chi connectivity index (χ1n) is 7.25. The summed E-state index contributed by atoms with van der Waals surface area (Å²) in [6, 6.07) is 13.7. The lowest BCUT2D eigenvalue weighted by atomic mass is 10.1. The molecule has 0 bridgehead atoms. The van der Waals surface area contributed by atoms with Gasteiger partial charge < -0.3 is 5.32 Å². The van der Waals surface area contributed by atoms with Gasteiger partial charge in [-0.15, -0.1) is 5.10 Å². The van der Waals surface area contributed by atoms with Gasteiger partial charge in [0, 0.05) is 17.9 Å². The molecular weight excluding hydrogens is 345 g/mol. The van der Waals surface area contributed by atoms with Gasteiger partial charge in [-0.3, -0.25) is 4.79 Å². The zero-order chi connectivity index (χ0) is 18.0. The van der Waals surface area contributed by atoms with Crippen LogP contribution in [0.5, 0.6) is 0 Å². The predicted molar refractivity (Wildman–Crippen MR) is 91.8 cm³/mol. The van der Waals surface area contributed by atoms with Gasteiger partial charge in [-0.05, 0) is 30.3 Å². The van der Waals surface area contributed by atoms with E-state index in [2.05, 4.69) is 10.4 Å². The van der Waals surface area contributed by atoms with Crippen molar-refractivity contribution in [3.63, 3.8) is 0 Å². The minimum atomic E-state index is -3.30. The summed E-state index contributed by atoms with van der Waals surface area (Å²) >= 11 is 0. The summed E-state index contributed by atoms with van der Waals surface area (Å²) in [4.78, 5) is 10.9. The molecule has 0 unspecified atom stereocenters. The fraction of sp³-hybridized carbons (Fsp3) is 0.0588. The van der Waals surface area contributed by atoms with E-state index in [1.54, 1.807) is 30.3 Å². The lowest BCUT2D eigenvalue weighted by Gasteiger charge is -2.08. The van der Waals surface area contributed by atoms with Crippen molar-refractivity contribution in [1.29, 1.82) is 0 Å². The van der Waals surface area contributed by atoms with Crippen LogP contribution >= 0.6 is 0 Å². The van der Waals surface area contributed by atoms with E-state index in [4.69, 9.17) is 0 Å². The van der Waals surface area contributed by atoms with Crippen molar-refractivity contribution >= 4 is 22.1 Å². The summed E-state index contributed by atoms with van der Waals surface area (Å²) in [6.45, 7) is 0. The number of hydrogen-bond donors (Lipinski definition) is 1. The summed E-state index contributed by atoms with van der Waals surface area (Å²) in [5.41, 5.74) is 1.72. The third-order valence-electron chi connectivity index (χ3n) is 3.55. The molecule has 1 aromatic heterocycles. The fourth-order valence-electron chi connectivity index (χ4n) is 2.40. The van der Waals surface area contributed by atoms with Crippen LogP contribution in [0.2, 0.25) is 0 Å². The van der Waals surface area contributed by atoms with Crippen LogP contribution in [0.4, 0.5) is 10.2 Å². The molecule has 1 amide bonds. The second-order valence-corrected chi connectivity index (χ2v) is 7.38. The molecule has 0 fully saturated rings. The summed E-state index contributed by atoms with van der Waals surface area (Å²) < 4.78 is 38.2. The Balaban J connectivity index is 2.13. The molecule has 1 heterocycles. The van der Waals surface area contributed by atoms with Crippen LogP contribution in [0, 0.1) is 5.82 Å². The molecule has 8 heteroatoms. The molecule has 0 atom stereocenters. The van der Waals surface area contributed by atoms with Gasteiger partial charge in [0.1, 0.15) is 5.82 Å². The maximum absolute atomic E-state index is 13.5. The summed E-state index contributed by atoms with van der Waals surface area (Å²) in [6.07, 6.45) is 1.62. The average Bonchev–Trinajstić information content (AvgIpc) is 2.98. The predicted octanol–water partition coefficient (Wildman–Crippen LogP) is 2.65. The molecule has 0 aliphatic carbocycles. The van der Waals surface area contributed by atoms with E-state index in [0.717, 1.165) is 6.26 Å². The molecule has 6 nitrogen and oxygen atoms in total. The number of benzene rings is 2. The SMILES string of the molecule is CS(=O)(=O)c1ccc(-c2cc(NC=O)nn2-c2cccc(F)c2)cc1. The highest BCUT2D eigenvalue weighted by Gasteiger charge is 2.14. The Morgan fingerprint density at radius 3 is 2.44 bits per heavy atom. The summed E-state index contributed by atoms with van der Waals surface area (Å²) in [5.74, 6) is -0.127. The molecule has 0 spiro atoms. The number of halogens is 1. The van der Waals surface area contributed by atoms with Gasteiger partial charge in [-0.2, -0.15) is 0 Å². The van der Waals surface area contributed by atoms with Crippen molar-refractivity contribution < 1.29 is 17.6 Å². The van der Waals surface area contributed by atoms with Gasteiger partial charge in [0.05, 0.1) is 16.3 Å².